The number of carboxylic acids is 1. The van der Waals surface area contributed by atoms with Crippen molar-refractivity contribution in [3.63, 3.8) is 0 Å². The van der Waals surface area contributed by atoms with Crippen molar-refractivity contribution in [3.05, 3.63) is 53.6 Å². The van der Waals surface area contributed by atoms with Gasteiger partial charge in [-0.2, -0.15) is 0 Å². The Morgan fingerprint density at radius 3 is 2.88 bits per heavy atom. The van der Waals surface area contributed by atoms with Gasteiger partial charge in [0.15, 0.2) is 0 Å². The van der Waals surface area contributed by atoms with E-state index < -0.39 is 5.97 Å². The molecule has 0 unspecified atom stereocenters. The van der Waals surface area contributed by atoms with Gasteiger partial charge in [0.25, 0.3) is 5.91 Å². The lowest BCUT2D eigenvalue weighted by molar-refractivity contribution is 0.0696. The number of ether oxygens (including phenoxy) is 1. The molecule has 0 saturated heterocycles. The van der Waals surface area contributed by atoms with Crippen molar-refractivity contribution in [2.24, 2.45) is 0 Å². The Labute approximate surface area is 136 Å². The van der Waals surface area contributed by atoms with Crippen LogP contribution in [0.4, 0.5) is 0 Å². The Bertz CT molecular complexity index is 919. The predicted molar refractivity (Wildman–Crippen MR) is 85.0 cm³/mol. The Balaban J connectivity index is 1.79. The molecule has 8 nitrogen and oxygen atoms in total. The number of aromatic carboxylic acids is 1. The molecule has 0 radical (unpaired) electrons. The fraction of sp³-hybridized carbons (Fsp3) is 0.125. The molecule has 1 amide bonds. The number of carbonyl (C=O) groups excluding carboxylic acids is 1. The maximum absolute atomic E-state index is 12.4. The SMILES string of the molecule is COc1cc(C(=O)O)ccc1CNC(=O)c1ncnc2[nH]ccc12. The molecule has 0 aliphatic carbocycles. The van der Waals surface area contributed by atoms with Crippen molar-refractivity contribution in [2.45, 2.75) is 6.54 Å². The van der Waals surface area contributed by atoms with Gasteiger partial charge in [-0.25, -0.2) is 14.8 Å². The molecule has 3 rings (SSSR count). The number of aromatic amines is 1. The molecule has 0 atom stereocenters. The molecule has 3 aromatic rings. The van der Waals surface area contributed by atoms with Gasteiger partial charge >= 0.3 is 5.97 Å². The van der Waals surface area contributed by atoms with E-state index in [1.807, 2.05) is 0 Å². The number of benzene rings is 1. The number of rotatable bonds is 5. The van der Waals surface area contributed by atoms with Gasteiger partial charge in [0, 0.05) is 18.3 Å². The van der Waals surface area contributed by atoms with E-state index in [9.17, 15) is 9.59 Å². The molecule has 0 fully saturated rings. The van der Waals surface area contributed by atoms with Gasteiger partial charge in [-0.05, 0) is 18.2 Å². The number of carboxylic acid groups (broad SMARTS) is 1. The Hall–Kier alpha value is -3.42. The second-order valence-electron chi connectivity index (χ2n) is 4.98. The number of H-pyrrole nitrogens is 1. The second kappa shape index (κ2) is 6.37. The fourth-order valence-electron chi connectivity index (χ4n) is 2.34. The third-order valence-corrected chi connectivity index (χ3v) is 3.54. The van der Waals surface area contributed by atoms with Crippen molar-refractivity contribution < 1.29 is 19.4 Å². The molecule has 3 N–H and O–H groups in total. The van der Waals surface area contributed by atoms with Crippen LogP contribution in [0.3, 0.4) is 0 Å². The monoisotopic (exact) mass is 326 g/mol. The zero-order valence-corrected chi connectivity index (χ0v) is 12.7. The Morgan fingerprint density at radius 2 is 2.12 bits per heavy atom. The average molecular weight is 326 g/mol. The number of fused-ring (bicyclic) bond motifs is 1. The molecule has 2 aromatic heterocycles. The summed E-state index contributed by atoms with van der Waals surface area (Å²) < 4.78 is 5.19. The van der Waals surface area contributed by atoms with Crippen LogP contribution in [0.1, 0.15) is 26.4 Å². The normalized spacial score (nSPS) is 10.5. The molecule has 1 aromatic carbocycles. The van der Waals surface area contributed by atoms with E-state index in [1.54, 1.807) is 18.3 Å². The number of nitrogens with zero attached hydrogens (tertiary/aromatic N) is 2. The summed E-state index contributed by atoms with van der Waals surface area (Å²) in [5, 5.41) is 12.4. The minimum Gasteiger partial charge on any atom is -0.496 e. The summed E-state index contributed by atoms with van der Waals surface area (Å²) in [7, 11) is 1.44. The van der Waals surface area contributed by atoms with Gasteiger partial charge in [0.2, 0.25) is 0 Å². The van der Waals surface area contributed by atoms with E-state index in [-0.39, 0.29) is 23.7 Å². The zero-order valence-electron chi connectivity index (χ0n) is 12.7. The van der Waals surface area contributed by atoms with Gasteiger partial charge in [-0.15, -0.1) is 0 Å². The van der Waals surface area contributed by atoms with E-state index in [2.05, 4.69) is 20.3 Å². The highest BCUT2D eigenvalue weighted by Crippen LogP contribution is 2.20. The first-order valence-corrected chi connectivity index (χ1v) is 7.06. The number of hydrogen-bond acceptors (Lipinski definition) is 5. The van der Waals surface area contributed by atoms with E-state index in [4.69, 9.17) is 9.84 Å². The first-order chi connectivity index (χ1) is 11.6. The van der Waals surface area contributed by atoms with Gasteiger partial charge < -0.3 is 20.1 Å². The fourth-order valence-corrected chi connectivity index (χ4v) is 2.34. The summed E-state index contributed by atoms with van der Waals surface area (Å²) >= 11 is 0. The van der Waals surface area contributed by atoms with Crippen LogP contribution in [0, 0.1) is 0 Å². The molecular weight excluding hydrogens is 312 g/mol. The van der Waals surface area contributed by atoms with Crippen LogP contribution >= 0.6 is 0 Å². The van der Waals surface area contributed by atoms with E-state index >= 15 is 0 Å². The first-order valence-electron chi connectivity index (χ1n) is 7.06. The molecule has 122 valence electrons. The summed E-state index contributed by atoms with van der Waals surface area (Å²) in [6.45, 7) is 0.178. The maximum atomic E-state index is 12.4. The molecule has 0 spiro atoms. The second-order valence-corrected chi connectivity index (χ2v) is 4.98. The molecule has 0 saturated carbocycles. The summed E-state index contributed by atoms with van der Waals surface area (Å²) in [5.74, 6) is -1.00. The third-order valence-electron chi connectivity index (χ3n) is 3.54. The van der Waals surface area contributed by atoms with Gasteiger partial charge in [0.1, 0.15) is 23.4 Å². The molecular formula is C16H14N4O4. The zero-order chi connectivity index (χ0) is 17.1. The third kappa shape index (κ3) is 2.89. The summed E-state index contributed by atoms with van der Waals surface area (Å²) in [4.78, 5) is 34.3. The number of amides is 1. The lowest BCUT2D eigenvalue weighted by atomic mass is 10.1. The van der Waals surface area contributed by atoms with Crippen molar-refractivity contribution in [1.29, 1.82) is 0 Å². The number of nitrogens with one attached hydrogen (secondary N) is 2. The first kappa shape index (κ1) is 15.5. The highest BCUT2D eigenvalue weighted by Gasteiger charge is 2.14. The number of methoxy groups -OCH3 is 1. The molecule has 0 bridgehead atoms. The standard InChI is InChI=1S/C16H14N4O4/c1-24-12-6-9(16(22)23)2-3-10(12)7-18-15(21)13-11-4-5-17-14(11)20-8-19-13/h2-6,8H,7H2,1H3,(H,18,21)(H,22,23)(H,17,19,20). The van der Waals surface area contributed by atoms with Crippen LogP contribution in [0.15, 0.2) is 36.8 Å². The molecule has 8 heteroatoms. The lowest BCUT2D eigenvalue weighted by Gasteiger charge is -2.10. The van der Waals surface area contributed by atoms with Crippen LogP contribution in [-0.4, -0.2) is 39.0 Å². The molecule has 2 heterocycles. The van der Waals surface area contributed by atoms with Crippen molar-refractivity contribution in [2.75, 3.05) is 7.11 Å². The van der Waals surface area contributed by atoms with Gasteiger partial charge in [0.05, 0.1) is 18.1 Å². The summed E-state index contributed by atoms with van der Waals surface area (Å²) in [6.07, 6.45) is 3.00. The van der Waals surface area contributed by atoms with Gasteiger partial charge in [-0.1, -0.05) is 6.07 Å². The number of hydrogen-bond donors (Lipinski definition) is 3. The maximum Gasteiger partial charge on any atom is 0.335 e. The van der Waals surface area contributed by atoms with E-state index in [1.165, 1.54) is 25.6 Å². The minimum atomic E-state index is -1.04. The predicted octanol–water partition coefficient (Wildman–Crippen LogP) is 1.59. The number of carbonyl (C=O) groups is 2. The van der Waals surface area contributed by atoms with Crippen LogP contribution in [0.25, 0.3) is 11.0 Å². The molecule has 24 heavy (non-hydrogen) atoms. The summed E-state index contributed by atoms with van der Waals surface area (Å²) in [5.41, 5.74) is 1.63. The summed E-state index contributed by atoms with van der Waals surface area (Å²) in [6, 6.07) is 6.21. The van der Waals surface area contributed by atoms with Crippen LogP contribution in [0.5, 0.6) is 5.75 Å². The van der Waals surface area contributed by atoms with Crippen molar-refractivity contribution in [3.8, 4) is 5.75 Å². The average Bonchev–Trinajstić information content (AvgIpc) is 3.07. The topological polar surface area (TPSA) is 117 Å². The Morgan fingerprint density at radius 1 is 1.29 bits per heavy atom. The lowest BCUT2D eigenvalue weighted by Crippen LogP contribution is -2.24. The molecule has 0 aliphatic rings. The molecule has 0 aliphatic heterocycles. The van der Waals surface area contributed by atoms with Gasteiger partial charge in [-0.3, -0.25) is 4.79 Å². The quantitative estimate of drug-likeness (QED) is 0.655. The highest BCUT2D eigenvalue weighted by molar-refractivity contribution is 6.03. The van der Waals surface area contributed by atoms with Crippen molar-refractivity contribution in [1.82, 2.24) is 20.3 Å². The largest absolute Gasteiger partial charge is 0.496 e. The highest BCUT2D eigenvalue weighted by atomic mass is 16.5. The van der Waals surface area contributed by atoms with Crippen LogP contribution < -0.4 is 10.1 Å². The van der Waals surface area contributed by atoms with E-state index in [0.29, 0.717) is 22.3 Å². The van der Waals surface area contributed by atoms with Crippen LogP contribution in [0.2, 0.25) is 0 Å². The Kier molecular flexibility index (Phi) is 4.11. The van der Waals surface area contributed by atoms with Crippen LogP contribution in [-0.2, 0) is 6.54 Å². The number of aromatic nitrogens is 3. The minimum absolute atomic E-state index is 0.117. The van der Waals surface area contributed by atoms with E-state index in [0.717, 1.165) is 0 Å². The van der Waals surface area contributed by atoms with Crippen molar-refractivity contribution >= 4 is 22.9 Å². The smallest absolute Gasteiger partial charge is 0.335 e.